The van der Waals surface area contributed by atoms with Gasteiger partial charge in [0.15, 0.2) is 0 Å². The second-order valence-corrected chi connectivity index (χ2v) is 8.53. The van der Waals surface area contributed by atoms with Crippen LogP contribution in [-0.2, 0) is 0 Å². The van der Waals surface area contributed by atoms with Crippen LogP contribution < -0.4 is 5.73 Å². The van der Waals surface area contributed by atoms with Crippen LogP contribution in [0.3, 0.4) is 0 Å². The Hall–Kier alpha value is -0.180. The van der Waals surface area contributed by atoms with E-state index in [0.717, 1.165) is 37.5 Å². The molecule has 3 fully saturated rings. The highest BCUT2D eigenvalue weighted by atomic mass is 19.1. The van der Waals surface area contributed by atoms with Crippen LogP contribution in [-0.4, -0.2) is 18.4 Å². The average Bonchev–Trinajstić information content (AvgIpc) is 2.51. The molecule has 3 aliphatic carbocycles. The highest BCUT2D eigenvalue weighted by Crippen LogP contribution is 2.46. The van der Waals surface area contributed by atoms with Crippen molar-refractivity contribution in [3.05, 3.63) is 0 Å². The smallest absolute Gasteiger partial charge is 0.115 e. The Morgan fingerprint density at radius 3 is 1.91 bits per heavy atom. The van der Waals surface area contributed by atoms with Gasteiger partial charge in [-0.3, -0.25) is 0 Å². The fraction of sp³-hybridized carbons (Fsp3) is 1.00. The van der Waals surface area contributed by atoms with E-state index in [0.29, 0.717) is 12.3 Å². The molecule has 0 aromatic heterocycles. The van der Waals surface area contributed by atoms with Gasteiger partial charge < -0.3 is 5.73 Å². The Labute approximate surface area is 134 Å². The molecule has 0 spiro atoms. The molecule has 3 aliphatic rings. The zero-order chi connectivity index (χ0) is 15.7. The van der Waals surface area contributed by atoms with Crippen molar-refractivity contribution in [2.75, 3.05) is 0 Å². The van der Waals surface area contributed by atoms with Gasteiger partial charge in [0.25, 0.3) is 0 Å². The predicted octanol–water partition coefficient (Wildman–Crippen LogP) is 5.03. The fourth-order valence-corrected chi connectivity index (χ4v) is 5.44. The number of nitrogens with two attached hydrogens (primary N) is 1. The molecule has 0 heterocycles. The van der Waals surface area contributed by atoms with E-state index in [2.05, 4.69) is 6.92 Å². The largest absolute Gasteiger partial charge is 0.325 e. The first-order chi connectivity index (χ1) is 10.5. The first-order valence-electron chi connectivity index (χ1n) is 9.58. The lowest BCUT2D eigenvalue weighted by Gasteiger charge is -2.43. The molecular weight excluding hydrogens is 280 g/mol. The topological polar surface area (TPSA) is 26.0 Å². The molecule has 0 aromatic carbocycles. The van der Waals surface area contributed by atoms with E-state index in [9.17, 15) is 8.78 Å². The van der Waals surface area contributed by atoms with E-state index in [1.807, 2.05) is 0 Å². The number of halogens is 2. The Morgan fingerprint density at radius 2 is 1.27 bits per heavy atom. The SMILES string of the molecule is CC1CCC(C2CCC(C3CCC(N)C(F)C3)C(F)C2)CC1. The molecule has 22 heavy (non-hydrogen) atoms. The highest BCUT2D eigenvalue weighted by Gasteiger charge is 2.41. The summed E-state index contributed by atoms with van der Waals surface area (Å²) in [5, 5.41) is 0. The van der Waals surface area contributed by atoms with Crippen molar-refractivity contribution in [2.24, 2.45) is 35.3 Å². The summed E-state index contributed by atoms with van der Waals surface area (Å²) in [6.45, 7) is 2.34. The minimum atomic E-state index is -0.913. The van der Waals surface area contributed by atoms with Crippen LogP contribution in [0.4, 0.5) is 8.78 Å². The summed E-state index contributed by atoms with van der Waals surface area (Å²) in [4.78, 5) is 0. The minimum absolute atomic E-state index is 0.101. The van der Waals surface area contributed by atoms with Gasteiger partial charge in [-0.05, 0) is 81.0 Å². The molecule has 1 nitrogen and oxygen atoms in total. The molecule has 0 saturated heterocycles. The van der Waals surface area contributed by atoms with Crippen molar-refractivity contribution in [1.82, 2.24) is 0 Å². The van der Waals surface area contributed by atoms with Crippen LogP contribution in [0.2, 0.25) is 0 Å². The quantitative estimate of drug-likeness (QED) is 0.760. The molecule has 3 rings (SSSR count). The van der Waals surface area contributed by atoms with E-state index in [-0.39, 0.29) is 17.9 Å². The molecule has 0 amide bonds. The van der Waals surface area contributed by atoms with Gasteiger partial charge in [0.05, 0.1) is 0 Å². The lowest BCUT2D eigenvalue weighted by molar-refractivity contribution is 0.0234. The molecule has 3 saturated carbocycles. The Kier molecular flexibility index (Phi) is 5.42. The van der Waals surface area contributed by atoms with Gasteiger partial charge in [0.1, 0.15) is 12.3 Å². The van der Waals surface area contributed by atoms with Gasteiger partial charge in [0.2, 0.25) is 0 Å². The molecule has 0 aromatic rings. The van der Waals surface area contributed by atoms with Crippen LogP contribution in [0.5, 0.6) is 0 Å². The standard InChI is InChI=1S/C19H33F2N/c1-12-2-4-13(5-3-12)14-6-8-16(17(20)10-14)15-7-9-19(22)18(21)11-15/h12-19H,2-11,22H2,1H3. The van der Waals surface area contributed by atoms with E-state index < -0.39 is 12.3 Å². The maximum absolute atomic E-state index is 14.8. The number of rotatable bonds is 2. The second-order valence-electron chi connectivity index (χ2n) is 8.53. The lowest BCUT2D eigenvalue weighted by Crippen LogP contribution is -2.43. The van der Waals surface area contributed by atoms with Crippen molar-refractivity contribution < 1.29 is 8.78 Å². The summed E-state index contributed by atoms with van der Waals surface area (Å²) in [7, 11) is 0. The summed E-state index contributed by atoms with van der Waals surface area (Å²) in [6.07, 6.45) is 8.68. The van der Waals surface area contributed by atoms with Gasteiger partial charge in [0, 0.05) is 6.04 Å². The summed E-state index contributed by atoms with van der Waals surface area (Å²) in [6, 6.07) is -0.310. The molecule has 6 unspecified atom stereocenters. The first kappa shape index (κ1) is 16.7. The zero-order valence-corrected chi connectivity index (χ0v) is 14.0. The minimum Gasteiger partial charge on any atom is -0.325 e. The maximum Gasteiger partial charge on any atom is 0.115 e. The van der Waals surface area contributed by atoms with Crippen LogP contribution in [0.15, 0.2) is 0 Å². The molecule has 0 aliphatic heterocycles. The molecular formula is C19H33F2N. The molecule has 128 valence electrons. The third-order valence-electron chi connectivity index (χ3n) is 7.06. The van der Waals surface area contributed by atoms with Gasteiger partial charge in [-0.15, -0.1) is 0 Å². The summed E-state index contributed by atoms with van der Waals surface area (Å²) >= 11 is 0. The fourth-order valence-electron chi connectivity index (χ4n) is 5.44. The first-order valence-corrected chi connectivity index (χ1v) is 9.58. The Balaban J connectivity index is 1.52. The van der Waals surface area contributed by atoms with E-state index >= 15 is 0 Å². The third-order valence-corrected chi connectivity index (χ3v) is 7.06. The van der Waals surface area contributed by atoms with Gasteiger partial charge in [-0.2, -0.15) is 0 Å². The summed E-state index contributed by atoms with van der Waals surface area (Å²) in [5.41, 5.74) is 5.77. The molecule has 3 heteroatoms. The highest BCUT2D eigenvalue weighted by molar-refractivity contribution is 4.92. The Morgan fingerprint density at radius 1 is 0.682 bits per heavy atom. The molecule has 2 N–H and O–H groups in total. The Bertz CT molecular complexity index is 353. The van der Waals surface area contributed by atoms with Crippen LogP contribution in [0, 0.1) is 29.6 Å². The van der Waals surface area contributed by atoms with Crippen LogP contribution >= 0.6 is 0 Å². The second kappa shape index (κ2) is 7.15. The molecule has 0 bridgehead atoms. The van der Waals surface area contributed by atoms with Crippen molar-refractivity contribution >= 4 is 0 Å². The molecule has 0 radical (unpaired) electrons. The number of hydrogen-bond donors (Lipinski definition) is 1. The van der Waals surface area contributed by atoms with Gasteiger partial charge >= 0.3 is 0 Å². The van der Waals surface area contributed by atoms with Gasteiger partial charge in [-0.25, -0.2) is 8.78 Å². The van der Waals surface area contributed by atoms with Crippen LogP contribution in [0.25, 0.3) is 0 Å². The normalized spacial score (nSPS) is 50.7. The third kappa shape index (κ3) is 3.66. The van der Waals surface area contributed by atoms with E-state index in [1.54, 1.807) is 0 Å². The zero-order valence-electron chi connectivity index (χ0n) is 14.0. The van der Waals surface area contributed by atoms with Crippen LogP contribution in [0.1, 0.15) is 71.1 Å². The average molecular weight is 313 g/mol. The van der Waals surface area contributed by atoms with Crippen molar-refractivity contribution in [3.63, 3.8) is 0 Å². The molecule has 6 atom stereocenters. The lowest BCUT2D eigenvalue weighted by atomic mass is 9.64. The monoisotopic (exact) mass is 313 g/mol. The van der Waals surface area contributed by atoms with Gasteiger partial charge in [-0.1, -0.05) is 19.8 Å². The van der Waals surface area contributed by atoms with Crippen molar-refractivity contribution in [2.45, 2.75) is 89.5 Å². The van der Waals surface area contributed by atoms with Crippen molar-refractivity contribution in [1.29, 1.82) is 0 Å². The summed E-state index contributed by atoms with van der Waals surface area (Å²) in [5.74, 6) is 2.54. The predicted molar refractivity (Wildman–Crippen MR) is 87.1 cm³/mol. The number of alkyl halides is 2. The van der Waals surface area contributed by atoms with Crippen molar-refractivity contribution in [3.8, 4) is 0 Å². The number of hydrogen-bond acceptors (Lipinski definition) is 1. The van der Waals surface area contributed by atoms with E-state index in [4.69, 9.17) is 5.73 Å². The summed E-state index contributed by atoms with van der Waals surface area (Å²) < 4.78 is 28.7. The van der Waals surface area contributed by atoms with E-state index in [1.165, 1.54) is 32.1 Å². The maximum atomic E-state index is 14.8.